The third-order valence-electron chi connectivity index (χ3n) is 4.91. The maximum atomic E-state index is 12.7. The lowest BCUT2D eigenvalue weighted by Gasteiger charge is -2.36. The minimum absolute atomic E-state index is 0.0444. The Hall–Kier alpha value is -1.55. The molecule has 1 amide bonds. The highest BCUT2D eigenvalue weighted by Gasteiger charge is 2.31. The van der Waals surface area contributed by atoms with Gasteiger partial charge in [0.15, 0.2) is 0 Å². The fourth-order valence-corrected chi connectivity index (χ4v) is 3.48. The zero-order valence-corrected chi connectivity index (χ0v) is 12.6. The first kappa shape index (κ1) is 14.4. The highest BCUT2D eigenvalue weighted by atomic mass is 16.3. The minimum Gasteiger partial charge on any atom is -0.393 e. The number of anilines is 1. The Kier molecular flexibility index (Phi) is 4.15. The number of nitrogens with zero attached hydrogens (tertiary/aromatic N) is 1. The first-order chi connectivity index (χ1) is 10.1. The van der Waals surface area contributed by atoms with Crippen molar-refractivity contribution >= 4 is 11.6 Å². The molecule has 2 unspecified atom stereocenters. The van der Waals surface area contributed by atoms with Crippen LogP contribution in [0, 0.1) is 11.8 Å². The zero-order valence-electron chi connectivity index (χ0n) is 12.6. The van der Waals surface area contributed by atoms with Crippen LogP contribution < -0.4 is 5.32 Å². The van der Waals surface area contributed by atoms with Crippen molar-refractivity contribution < 1.29 is 9.90 Å². The van der Waals surface area contributed by atoms with Crippen molar-refractivity contribution in [3.63, 3.8) is 0 Å². The third-order valence-corrected chi connectivity index (χ3v) is 4.91. The summed E-state index contributed by atoms with van der Waals surface area (Å²) in [5.41, 5.74) is 2.40. The lowest BCUT2D eigenvalue weighted by molar-refractivity contribution is -0.137. The van der Waals surface area contributed by atoms with E-state index < -0.39 is 0 Å². The smallest absolute Gasteiger partial charge is 0.227 e. The van der Waals surface area contributed by atoms with E-state index in [-0.39, 0.29) is 17.9 Å². The molecular weight excluding hydrogens is 264 g/mol. The van der Waals surface area contributed by atoms with Crippen molar-refractivity contribution in [3.05, 3.63) is 29.8 Å². The van der Waals surface area contributed by atoms with E-state index in [4.69, 9.17) is 0 Å². The number of carbonyl (C=O) groups excluding carboxylic acids is 1. The maximum absolute atomic E-state index is 12.7. The van der Waals surface area contributed by atoms with E-state index in [1.807, 2.05) is 24.0 Å². The monoisotopic (exact) mass is 288 g/mol. The lowest BCUT2D eigenvalue weighted by atomic mass is 9.89. The summed E-state index contributed by atoms with van der Waals surface area (Å²) in [6.07, 6.45) is 2.41. The molecule has 0 aromatic heterocycles. The predicted molar refractivity (Wildman–Crippen MR) is 83.1 cm³/mol. The first-order valence-corrected chi connectivity index (χ1v) is 7.94. The number of benzene rings is 1. The molecule has 21 heavy (non-hydrogen) atoms. The highest BCUT2D eigenvalue weighted by Crippen LogP contribution is 2.27. The second kappa shape index (κ2) is 6.06. The van der Waals surface area contributed by atoms with Gasteiger partial charge in [0, 0.05) is 25.3 Å². The molecule has 0 bridgehead atoms. The SMILES string of the molecule is CC(O)C1CCN(C(=O)C2CNc3ccccc3C2)CC1. The van der Waals surface area contributed by atoms with Crippen LogP contribution in [-0.4, -0.2) is 41.7 Å². The number of nitrogens with one attached hydrogen (secondary N) is 1. The van der Waals surface area contributed by atoms with Gasteiger partial charge in [0.05, 0.1) is 12.0 Å². The molecule has 0 saturated carbocycles. The van der Waals surface area contributed by atoms with Crippen molar-refractivity contribution in [1.82, 2.24) is 4.90 Å². The number of piperidine rings is 1. The zero-order chi connectivity index (χ0) is 14.8. The van der Waals surface area contributed by atoms with Crippen molar-refractivity contribution in [2.75, 3.05) is 25.0 Å². The number of para-hydroxylation sites is 1. The largest absolute Gasteiger partial charge is 0.393 e. The van der Waals surface area contributed by atoms with Crippen LogP contribution in [0.3, 0.4) is 0 Å². The maximum Gasteiger partial charge on any atom is 0.227 e. The number of aliphatic hydroxyl groups excluding tert-OH is 1. The second-order valence-corrected chi connectivity index (χ2v) is 6.34. The van der Waals surface area contributed by atoms with Crippen molar-refractivity contribution in [2.45, 2.75) is 32.3 Å². The molecule has 0 radical (unpaired) electrons. The van der Waals surface area contributed by atoms with Crippen LogP contribution in [0.1, 0.15) is 25.3 Å². The van der Waals surface area contributed by atoms with Crippen molar-refractivity contribution in [1.29, 1.82) is 0 Å². The van der Waals surface area contributed by atoms with E-state index in [2.05, 4.69) is 17.4 Å². The van der Waals surface area contributed by atoms with E-state index in [9.17, 15) is 9.90 Å². The van der Waals surface area contributed by atoms with Crippen LogP contribution in [0.15, 0.2) is 24.3 Å². The Morgan fingerprint density at radius 2 is 2.05 bits per heavy atom. The number of aliphatic hydroxyl groups is 1. The van der Waals surface area contributed by atoms with E-state index in [0.29, 0.717) is 5.92 Å². The van der Waals surface area contributed by atoms with Gasteiger partial charge in [-0.3, -0.25) is 4.79 Å². The van der Waals surface area contributed by atoms with Gasteiger partial charge in [0.2, 0.25) is 5.91 Å². The first-order valence-electron chi connectivity index (χ1n) is 7.94. The van der Waals surface area contributed by atoms with Gasteiger partial charge in [-0.05, 0) is 43.7 Å². The molecule has 4 heteroatoms. The van der Waals surface area contributed by atoms with Gasteiger partial charge < -0.3 is 15.3 Å². The molecule has 0 spiro atoms. The molecule has 4 nitrogen and oxygen atoms in total. The number of likely N-dealkylation sites (tertiary alicyclic amines) is 1. The summed E-state index contributed by atoms with van der Waals surface area (Å²) < 4.78 is 0. The molecule has 1 aromatic carbocycles. The average molecular weight is 288 g/mol. The Bertz CT molecular complexity index is 507. The highest BCUT2D eigenvalue weighted by molar-refractivity contribution is 5.81. The Morgan fingerprint density at radius 1 is 1.33 bits per heavy atom. The molecule has 1 aromatic rings. The summed E-state index contributed by atoms with van der Waals surface area (Å²) in [6.45, 7) is 4.15. The van der Waals surface area contributed by atoms with E-state index >= 15 is 0 Å². The van der Waals surface area contributed by atoms with Gasteiger partial charge in [-0.2, -0.15) is 0 Å². The number of rotatable bonds is 2. The van der Waals surface area contributed by atoms with Crippen LogP contribution in [0.25, 0.3) is 0 Å². The normalized spacial score (nSPS) is 24.1. The number of amides is 1. The van der Waals surface area contributed by atoms with Gasteiger partial charge in [-0.25, -0.2) is 0 Å². The summed E-state index contributed by atoms with van der Waals surface area (Å²) >= 11 is 0. The molecule has 2 aliphatic rings. The summed E-state index contributed by atoms with van der Waals surface area (Å²) in [4.78, 5) is 14.6. The van der Waals surface area contributed by atoms with Gasteiger partial charge >= 0.3 is 0 Å². The molecule has 2 heterocycles. The number of hydrogen-bond acceptors (Lipinski definition) is 3. The number of fused-ring (bicyclic) bond motifs is 1. The average Bonchev–Trinajstić information content (AvgIpc) is 2.54. The van der Waals surface area contributed by atoms with Crippen LogP contribution in [0.5, 0.6) is 0 Å². The molecule has 2 N–H and O–H groups in total. The van der Waals surface area contributed by atoms with Crippen LogP contribution in [0.2, 0.25) is 0 Å². The van der Waals surface area contributed by atoms with Crippen molar-refractivity contribution in [2.24, 2.45) is 11.8 Å². The Balaban J connectivity index is 1.60. The Morgan fingerprint density at radius 3 is 2.76 bits per heavy atom. The van der Waals surface area contributed by atoms with Crippen molar-refractivity contribution in [3.8, 4) is 0 Å². The molecule has 0 aliphatic carbocycles. The second-order valence-electron chi connectivity index (χ2n) is 6.34. The predicted octanol–water partition coefficient (Wildman–Crippen LogP) is 1.89. The standard InChI is InChI=1S/C17H24N2O2/c1-12(20)13-6-8-19(9-7-13)17(21)15-10-14-4-2-3-5-16(14)18-11-15/h2-5,12-13,15,18,20H,6-11H2,1H3. The lowest BCUT2D eigenvalue weighted by Crippen LogP contribution is -2.46. The van der Waals surface area contributed by atoms with Crippen LogP contribution in [0.4, 0.5) is 5.69 Å². The summed E-state index contributed by atoms with van der Waals surface area (Å²) in [7, 11) is 0. The van der Waals surface area contributed by atoms with E-state index in [0.717, 1.165) is 44.6 Å². The fraction of sp³-hybridized carbons (Fsp3) is 0.588. The number of hydrogen-bond donors (Lipinski definition) is 2. The molecular formula is C17H24N2O2. The summed E-state index contributed by atoms with van der Waals surface area (Å²) in [6, 6.07) is 8.22. The topological polar surface area (TPSA) is 52.6 Å². The molecule has 114 valence electrons. The van der Waals surface area contributed by atoms with Crippen LogP contribution >= 0.6 is 0 Å². The Labute approximate surface area is 126 Å². The van der Waals surface area contributed by atoms with E-state index in [1.54, 1.807) is 0 Å². The molecule has 2 aliphatic heterocycles. The van der Waals surface area contributed by atoms with Gasteiger partial charge in [-0.1, -0.05) is 18.2 Å². The molecule has 2 atom stereocenters. The minimum atomic E-state index is -0.259. The van der Waals surface area contributed by atoms with Gasteiger partial charge in [0.25, 0.3) is 0 Å². The molecule has 1 saturated heterocycles. The molecule has 1 fully saturated rings. The fourth-order valence-electron chi connectivity index (χ4n) is 3.48. The van der Waals surface area contributed by atoms with E-state index in [1.165, 1.54) is 5.56 Å². The van der Waals surface area contributed by atoms with Gasteiger partial charge in [0.1, 0.15) is 0 Å². The van der Waals surface area contributed by atoms with Gasteiger partial charge in [-0.15, -0.1) is 0 Å². The third kappa shape index (κ3) is 3.05. The number of carbonyl (C=O) groups is 1. The van der Waals surface area contributed by atoms with Crippen LogP contribution in [-0.2, 0) is 11.2 Å². The summed E-state index contributed by atoms with van der Waals surface area (Å²) in [5.74, 6) is 0.656. The quantitative estimate of drug-likeness (QED) is 0.874. The molecule has 3 rings (SSSR count). The summed E-state index contributed by atoms with van der Waals surface area (Å²) in [5, 5.41) is 13.0.